The van der Waals surface area contributed by atoms with Gasteiger partial charge < -0.3 is 24.4 Å². The van der Waals surface area contributed by atoms with Gasteiger partial charge in [-0.15, -0.1) is 0 Å². The topological polar surface area (TPSA) is 85.2 Å². The molecule has 0 saturated carbocycles. The number of aromatic carboxylic acids is 1. The molecule has 0 aromatic heterocycles. The van der Waals surface area contributed by atoms with Crippen LogP contribution in [0.3, 0.4) is 0 Å². The largest absolute Gasteiger partial charge is 0.490 e. The Kier molecular flexibility index (Phi) is 7.45. The van der Waals surface area contributed by atoms with Gasteiger partial charge in [0.2, 0.25) is 0 Å². The van der Waals surface area contributed by atoms with Crippen molar-refractivity contribution in [2.75, 3.05) is 33.5 Å². The van der Waals surface area contributed by atoms with Gasteiger partial charge in [0.05, 0.1) is 32.0 Å². The van der Waals surface area contributed by atoms with Crippen LogP contribution < -0.4 is 4.74 Å². The van der Waals surface area contributed by atoms with E-state index in [4.69, 9.17) is 19.3 Å². The van der Waals surface area contributed by atoms with E-state index in [0.29, 0.717) is 31.1 Å². The van der Waals surface area contributed by atoms with Crippen LogP contribution in [0.15, 0.2) is 18.7 Å². The van der Waals surface area contributed by atoms with Gasteiger partial charge in [-0.1, -0.05) is 18.7 Å². The lowest BCUT2D eigenvalue weighted by atomic mass is 10.0. The van der Waals surface area contributed by atoms with Crippen molar-refractivity contribution in [3.63, 3.8) is 0 Å². The highest BCUT2D eigenvalue weighted by atomic mass is 16.5. The van der Waals surface area contributed by atoms with Crippen molar-refractivity contribution in [3.8, 4) is 5.75 Å². The maximum Gasteiger partial charge on any atom is 0.336 e. The van der Waals surface area contributed by atoms with Crippen LogP contribution in [0, 0.1) is 0 Å². The Bertz CT molecular complexity index is 483. The molecule has 1 aromatic rings. The minimum Gasteiger partial charge on any atom is -0.490 e. The van der Waals surface area contributed by atoms with Gasteiger partial charge >= 0.3 is 5.97 Å². The normalized spacial score (nSPS) is 10.4. The van der Waals surface area contributed by atoms with E-state index in [1.807, 2.05) is 0 Å². The summed E-state index contributed by atoms with van der Waals surface area (Å²) < 4.78 is 15.7. The van der Waals surface area contributed by atoms with Gasteiger partial charge in [0.25, 0.3) is 0 Å². The van der Waals surface area contributed by atoms with E-state index in [1.165, 1.54) is 6.07 Å². The molecule has 21 heavy (non-hydrogen) atoms. The summed E-state index contributed by atoms with van der Waals surface area (Å²) in [6, 6.07) is 3.02. The summed E-state index contributed by atoms with van der Waals surface area (Å²) in [6.07, 6.45) is 1.55. The van der Waals surface area contributed by atoms with Gasteiger partial charge in [-0.3, -0.25) is 0 Å². The molecule has 0 heterocycles. The van der Waals surface area contributed by atoms with Crippen LogP contribution in [0.2, 0.25) is 0 Å². The van der Waals surface area contributed by atoms with Crippen molar-refractivity contribution < 1.29 is 29.2 Å². The number of carboxylic acids is 1. The monoisotopic (exact) mass is 296 g/mol. The van der Waals surface area contributed by atoms with Crippen LogP contribution in [-0.2, 0) is 16.1 Å². The van der Waals surface area contributed by atoms with E-state index in [9.17, 15) is 9.90 Å². The van der Waals surface area contributed by atoms with E-state index < -0.39 is 12.6 Å². The number of ether oxygens (including phenoxy) is 3. The zero-order valence-corrected chi connectivity index (χ0v) is 12.0. The van der Waals surface area contributed by atoms with Gasteiger partial charge in [-0.25, -0.2) is 4.79 Å². The Morgan fingerprint density at radius 2 is 2.00 bits per heavy atom. The Balaban J connectivity index is 2.80. The Morgan fingerprint density at radius 1 is 1.29 bits per heavy atom. The molecule has 0 spiro atoms. The summed E-state index contributed by atoms with van der Waals surface area (Å²) in [7, 11) is 1.58. The van der Waals surface area contributed by atoms with Gasteiger partial charge in [-0.05, 0) is 6.07 Å². The molecule has 0 fully saturated rings. The van der Waals surface area contributed by atoms with Crippen LogP contribution in [0.4, 0.5) is 0 Å². The second-order valence-electron chi connectivity index (χ2n) is 4.13. The lowest BCUT2D eigenvalue weighted by Crippen LogP contribution is -2.13. The summed E-state index contributed by atoms with van der Waals surface area (Å²) >= 11 is 0. The number of benzene rings is 1. The Labute approximate surface area is 123 Å². The first-order chi connectivity index (χ1) is 10.2. The lowest BCUT2D eigenvalue weighted by Gasteiger charge is -2.15. The molecule has 0 radical (unpaired) electrons. The predicted octanol–water partition coefficient (Wildman–Crippen LogP) is 1.56. The third-order valence-corrected chi connectivity index (χ3v) is 2.81. The van der Waals surface area contributed by atoms with Gasteiger partial charge in [-0.2, -0.15) is 0 Å². The first-order valence-corrected chi connectivity index (χ1v) is 6.47. The predicted molar refractivity (Wildman–Crippen MR) is 77.6 cm³/mol. The molecule has 2 N–H and O–H groups in total. The summed E-state index contributed by atoms with van der Waals surface area (Å²) in [5.41, 5.74) is 0.871. The van der Waals surface area contributed by atoms with Crippen molar-refractivity contribution in [3.05, 3.63) is 35.4 Å². The lowest BCUT2D eigenvalue weighted by molar-refractivity contribution is 0.0539. The third kappa shape index (κ3) is 4.86. The molecular weight excluding hydrogens is 276 g/mol. The number of aliphatic hydroxyl groups excluding tert-OH is 1. The molecule has 0 amide bonds. The molecule has 0 bridgehead atoms. The number of methoxy groups -OCH3 is 1. The first kappa shape index (κ1) is 17.2. The molecule has 0 atom stereocenters. The standard InChI is InChI=1S/C15H20O6/c1-3-11-4-5-12(15(17)18)13(10-16)14(11)21-9-8-20-7-6-19-2/h3-5,16H,1,6-10H2,2H3,(H,17,18). The van der Waals surface area contributed by atoms with Crippen LogP contribution in [0.5, 0.6) is 5.75 Å². The fourth-order valence-electron chi connectivity index (χ4n) is 1.78. The van der Waals surface area contributed by atoms with Crippen molar-refractivity contribution in [1.82, 2.24) is 0 Å². The number of hydrogen-bond acceptors (Lipinski definition) is 5. The molecule has 0 aliphatic heterocycles. The highest BCUT2D eigenvalue weighted by Gasteiger charge is 2.17. The number of rotatable bonds is 10. The zero-order valence-electron chi connectivity index (χ0n) is 12.0. The smallest absolute Gasteiger partial charge is 0.336 e. The van der Waals surface area contributed by atoms with Crippen LogP contribution in [-0.4, -0.2) is 49.7 Å². The molecule has 1 aromatic carbocycles. The third-order valence-electron chi connectivity index (χ3n) is 2.81. The quantitative estimate of drug-likeness (QED) is 0.637. The minimum atomic E-state index is -1.11. The van der Waals surface area contributed by atoms with Crippen LogP contribution >= 0.6 is 0 Å². The molecule has 116 valence electrons. The summed E-state index contributed by atoms with van der Waals surface area (Å²) in [5, 5.41) is 18.5. The van der Waals surface area contributed by atoms with Crippen LogP contribution in [0.25, 0.3) is 6.08 Å². The summed E-state index contributed by atoms with van der Waals surface area (Å²) in [5.74, 6) is -0.793. The summed E-state index contributed by atoms with van der Waals surface area (Å²) in [4.78, 5) is 11.1. The number of carboxylic acid groups (broad SMARTS) is 1. The molecule has 0 saturated heterocycles. The average molecular weight is 296 g/mol. The molecular formula is C15H20O6. The van der Waals surface area contributed by atoms with Crippen LogP contribution in [0.1, 0.15) is 21.5 Å². The van der Waals surface area contributed by atoms with E-state index in [0.717, 1.165) is 0 Å². The zero-order chi connectivity index (χ0) is 15.7. The fourth-order valence-corrected chi connectivity index (χ4v) is 1.78. The summed E-state index contributed by atoms with van der Waals surface area (Å²) in [6.45, 7) is 4.75. The number of aliphatic hydroxyl groups is 1. The average Bonchev–Trinajstić information content (AvgIpc) is 2.49. The van der Waals surface area contributed by atoms with Crippen molar-refractivity contribution in [2.24, 2.45) is 0 Å². The van der Waals surface area contributed by atoms with E-state index in [1.54, 1.807) is 19.3 Å². The van der Waals surface area contributed by atoms with E-state index in [-0.39, 0.29) is 17.7 Å². The number of hydrogen-bond donors (Lipinski definition) is 2. The van der Waals surface area contributed by atoms with Gasteiger partial charge in [0, 0.05) is 18.2 Å². The Morgan fingerprint density at radius 3 is 2.57 bits per heavy atom. The second kappa shape index (κ2) is 9.12. The molecule has 0 unspecified atom stereocenters. The molecule has 6 heteroatoms. The minimum absolute atomic E-state index is 0.0124. The molecule has 0 aliphatic carbocycles. The van der Waals surface area contributed by atoms with Crippen molar-refractivity contribution in [2.45, 2.75) is 6.61 Å². The molecule has 1 rings (SSSR count). The maximum absolute atomic E-state index is 11.1. The maximum atomic E-state index is 11.1. The first-order valence-electron chi connectivity index (χ1n) is 6.47. The van der Waals surface area contributed by atoms with Gasteiger partial charge in [0.1, 0.15) is 12.4 Å². The van der Waals surface area contributed by atoms with Crippen molar-refractivity contribution in [1.29, 1.82) is 0 Å². The fraction of sp³-hybridized carbons (Fsp3) is 0.400. The Hall–Kier alpha value is -1.89. The SMILES string of the molecule is C=Cc1ccc(C(=O)O)c(CO)c1OCCOCCOC. The number of carbonyl (C=O) groups is 1. The van der Waals surface area contributed by atoms with E-state index >= 15 is 0 Å². The van der Waals surface area contributed by atoms with Gasteiger partial charge in [0.15, 0.2) is 0 Å². The highest BCUT2D eigenvalue weighted by molar-refractivity contribution is 5.91. The molecule has 6 nitrogen and oxygen atoms in total. The van der Waals surface area contributed by atoms with Crippen molar-refractivity contribution >= 4 is 12.0 Å². The van der Waals surface area contributed by atoms with E-state index in [2.05, 4.69) is 6.58 Å². The second-order valence-corrected chi connectivity index (χ2v) is 4.13. The highest BCUT2D eigenvalue weighted by Crippen LogP contribution is 2.28. The molecule has 0 aliphatic rings.